The average molecular weight is 227 g/mol. The Hall–Kier alpha value is -1.30. The van der Waals surface area contributed by atoms with Crippen LogP contribution in [0, 0.1) is 28.6 Å². The minimum absolute atomic E-state index is 0.127. The minimum atomic E-state index is -0.127. The van der Waals surface area contributed by atoms with Gasteiger partial charge in [0.1, 0.15) is 16.6 Å². The molecule has 1 unspecified atom stereocenters. The van der Waals surface area contributed by atoms with Crippen molar-refractivity contribution in [2.24, 2.45) is 5.92 Å². The maximum atomic E-state index is 8.71. The lowest BCUT2D eigenvalue weighted by atomic mass is 10.2. The maximum absolute atomic E-state index is 8.71. The van der Waals surface area contributed by atoms with Gasteiger partial charge in [-0.2, -0.15) is 14.9 Å². The molecule has 0 saturated carbocycles. The Morgan fingerprint density at radius 3 is 2.93 bits per heavy atom. The summed E-state index contributed by atoms with van der Waals surface area (Å²) in [6, 6.07) is 4.06. The van der Waals surface area contributed by atoms with Crippen LogP contribution >= 0.6 is 23.1 Å². The molecule has 1 aromatic rings. The van der Waals surface area contributed by atoms with Crippen molar-refractivity contribution in [3.8, 4) is 12.1 Å². The van der Waals surface area contributed by atoms with Crippen LogP contribution in [-0.2, 0) is 0 Å². The number of hydrogen-bond donors (Lipinski definition) is 1. The summed E-state index contributed by atoms with van der Waals surface area (Å²) in [4.78, 5) is 0.445. The Morgan fingerprint density at radius 2 is 2.36 bits per heavy atom. The Bertz CT molecular complexity index is 400. The highest BCUT2D eigenvalue weighted by atomic mass is 35.5. The quantitative estimate of drug-likeness (QED) is 0.858. The lowest BCUT2D eigenvalue weighted by Gasteiger charge is -2.05. The number of aromatic nitrogens is 1. The number of anilines is 1. The van der Waals surface area contributed by atoms with Gasteiger partial charge in [0.05, 0.1) is 12.0 Å². The van der Waals surface area contributed by atoms with Gasteiger partial charge < -0.3 is 5.32 Å². The smallest absolute Gasteiger partial charge is 0.167 e. The summed E-state index contributed by atoms with van der Waals surface area (Å²) < 4.78 is 3.83. The molecule has 1 rings (SSSR count). The molecule has 1 atom stereocenters. The fraction of sp³-hybridized carbons (Fsp3) is 0.375. The molecule has 14 heavy (non-hydrogen) atoms. The zero-order valence-corrected chi connectivity index (χ0v) is 8.98. The van der Waals surface area contributed by atoms with E-state index in [9.17, 15) is 0 Å². The number of hydrogen-bond acceptors (Lipinski definition) is 5. The molecule has 0 aliphatic heterocycles. The predicted molar refractivity (Wildman–Crippen MR) is 55.1 cm³/mol. The van der Waals surface area contributed by atoms with Crippen LogP contribution in [0.25, 0.3) is 0 Å². The summed E-state index contributed by atoms with van der Waals surface area (Å²) >= 11 is 6.80. The van der Waals surface area contributed by atoms with Gasteiger partial charge in [-0.25, -0.2) is 0 Å². The average Bonchev–Trinajstić information content (AvgIpc) is 2.55. The molecule has 1 heterocycles. The first-order valence-electron chi connectivity index (χ1n) is 3.87. The molecule has 0 radical (unpaired) electrons. The van der Waals surface area contributed by atoms with Crippen LogP contribution < -0.4 is 5.32 Å². The molecule has 0 fully saturated rings. The van der Waals surface area contributed by atoms with Crippen LogP contribution in [-0.4, -0.2) is 10.9 Å². The molecule has 0 amide bonds. The van der Waals surface area contributed by atoms with Gasteiger partial charge in [-0.15, -0.1) is 0 Å². The van der Waals surface area contributed by atoms with E-state index < -0.39 is 0 Å². The first-order chi connectivity index (χ1) is 6.69. The zero-order chi connectivity index (χ0) is 10.6. The molecular formula is C8H7ClN4S. The lowest BCUT2D eigenvalue weighted by Crippen LogP contribution is -2.09. The van der Waals surface area contributed by atoms with Crippen molar-refractivity contribution in [2.45, 2.75) is 6.92 Å². The van der Waals surface area contributed by atoms with Gasteiger partial charge in [0, 0.05) is 6.54 Å². The zero-order valence-electron chi connectivity index (χ0n) is 7.41. The first-order valence-corrected chi connectivity index (χ1v) is 5.03. The number of halogens is 1. The van der Waals surface area contributed by atoms with Crippen LogP contribution in [0.1, 0.15) is 11.8 Å². The summed E-state index contributed by atoms with van der Waals surface area (Å²) in [5.74, 6) is -0.127. The molecule has 0 aliphatic carbocycles. The standard InChI is InChI=1S/C8H7ClN4S/c1-5(2-10)4-12-7-6(3-11)14-13-8(7)9/h5,12H,4H2,1H3. The summed E-state index contributed by atoms with van der Waals surface area (Å²) in [6.45, 7) is 2.25. The van der Waals surface area contributed by atoms with Gasteiger partial charge in [-0.05, 0) is 18.5 Å². The van der Waals surface area contributed by atoms with Crippen molar-refractivity contribution in [2.75, 3.05) is 11.9 Å². The minimum Gasteiger partial charge on any atom is -0.379 e. The van der Waals surface area contributed by atoms with Crippen molar-refractivity contribution in [1.82, 2.24) is 4.37 Å². The topological polar surface area (TPSA) is 72.5 Å². The number of rotatable bonds is 3. The van der Waals surface area contributed by atoms with Crippen molar-refractivity contribution < 1.29 is 0 Å². The second-order valence-corrected chi connectivity index (χ2v) is 3.83. The highest BCUT2D eigenvalue weighted by Crippen LogP contribution is 2.28. The highest BCUT2D eigenvalue weighted by Gasteiger charge is 2.12. The molecule has 0 aromatic carbocycles. The Kier molecular flexibility index (Phi) is 3.70. The van der Waals surface area contributed by atoms with E-state index in [2.05, 4.69) is 15.8 Å². The summed E-state index contributed by atoms with van der Waals surface area (Å²) in [5.41, 5.74) is 0.529. The summed E-state index contributed by atoms with van der Waals surface area (Å²) in [7, 11) is 0. The largest absolute Gasteiger partial charge is 0.379 e. The third-order valence-corrected chi connectivity index (χ3v) is 2.68. The molecule has 72 valence electrons. The Balaban J connectivity index is 2.72. The van der Waals surface area contributed by atoms with Crippen LogP contribution in [0.5, 0.6) is 0 Å². The predicted octanol–water partition coefficient (Wildman–Crippen LogP) is 2.24. The Morgan fingerprint density at radius 1 is 1.64 bits per heavy atom. The van der Waals surface area contributed by atoms with Gasteiger partial charge in [-0.3, -0.25) is 0 Å². The third-order valence-electron chi connectivity index (χ3n) is 1.56. The van der Waals surface area contributed by atoms with E-state index in [1.165, 1.54) is 0 Å². The fourth-order valence-corrected chi connectivity index (χ4v) is 1.69. The van der Waals surface area contributed by atoms with Crippen LogP contribution in [0.3, 0.4) is 0 Å². The van der Waals surface area contributed by atoms with Gasteiger partial charge in [0.25, 0.3) is 0 Å². The second kappa shape index (κ2) is 4.80. The maximum Gasteiger partial charge on any atom is 0.167 e. The van der Waals surface area contributed by atoms with E-state index in [1.807, 2.05) is 6.07 Å². The van der Waals surface area contributed by atoms with Gasteiger partial charge in [0.15, 0.2) is 5.15 Å². The molecule has 0 bridgehead atoms. The van der Waals surface area contributed by atoms with Gasteiger partial charge in [-0.1, -0.05) is 11.6 Å². The summed E-state index contributed by atoms with van der Waals surface area (Å²) in [6.07, 6.45) is 0. The number of nitrogens with one attached hydrogen (secondary N) is 1. The van der Waals surface area contributed by atoms with E-state index in [1.54, 1.807) is 6.92 Å². The molecule has 1 aromatic heterocycles. The molecule has 0 aliphatic rings. The molecule has 0 spiro atoms. The van der Waals surface area contributed by atoms with Crippen LogP contribution in [0.15, 0.2) is 0 Å². The fourth-order valence-electron chi connectivity index (χ4n) is 0.801. The van der Waals surface area contributed by atoms with E-state index in [0.29, 0.717) is 17.1 Å². The molecular weight excluding hydrogens is 220 g/mol. The second-order valence-electron chi connectivity index (χ2n) is 2.70. The number of nitrogens with zero attached hydrogens (tertiary/aromatic N) is 3. The van der Waals surface area contributed by atoms with E-state index in [0.717, 1.165) is 11.5 Å². The van der Waals surface area contributed by atoms with Crippen molar-refractivity contribution in [3.63, 3.8) is 0 Å². The monoisotopic (exact) mass is 226 g/mol. The van der Waals surface area contributed by atoms with E-state index >= 15 is 0 Å². The van der Waals surface area contributed by atoms with E-state index in [-0.39, 0.29) is 11.1 Å². The van der Waals surface area contributed by atoms with Gasteiger partial charge in [0.2, 0.25) is 0 Å². The molecule has 0 saturated heterocycles. The SMILES string of the molecule is CC(C#N)CNc1c(Cl)nsc1C#N. The first kappa shape index (κ1) is 10.8. The van der Waals surface area contributed by atoms with Crippen LogP contribution in [0.4, 0.5) is 5.69 Å². The molecule has 1 N–H and O–H groups in total. The lowest BCUT2D eigenvalue weighted by molar-refractivity contribution is 0.786. The van der Waals surface area contributed by atoms with Crippen LogP contribution in [0.2, 0.25) is 5.15 Å². The Labute approximate surface area is 90.9 Å². The summed E-state index contributed by atoms with van der Waals surface area (Å²) in [5, 5.41) is 20.5. The normalized spacial score (nSPS) is 11.4. The van der Waals surface area contributed by atoms with Gasteiger partial charge >= 0.3 is 0 Å². The van der Waals surface area contributed by atoms with Crippen molar-refractivity contribution in [3.05, 3.63) is 10.0 Å². The molecule has 4 nitrogen and oxygen atoms in total. The number of nitriles is 2. The van der Waals surface area contributed by atoms with Crippen molar-refractivity contribution in [1.29, 1.82) is 10.5 Å². The van der Waals surface area contributed by atoms with E-state index in [4.69, 9.17) is 22.1 Å². The highest BCUT2D eigenvalue weighted by molar-refractivity contribution is 7.07. The third kappa shape index (κ3) is 2.35. The molecule has 6 heteroatoms. The van der Waals surface area contributed by atoms with Crippen molar-refractivity contribution >= 4 is 28.8 Å².